The number of hydrogen-bond donors (Lipinski definition) is 4. The average molecular weight is 426 g/mol. The highest BCUT2D eigenvalue weighted by Gasteiger charge is 2.27. The third-order valence-corrected chi connectivity index (χ3v) is 4.59. The second-order valence-corrected chi connectivity index (χ2v) is 8.18. The lowest BCUT2D eigenvalue weighted by Gasteiger charge is -2.23. The highest BCUT2D eigenvalue weighted by Crippen LogP contribution is 2.24. The van der Waals surface area contributed by atoms with Crippen LogP contribution in [0.3, 0.4) is 0 Å². The molecule has 31 heavy (non-hydrogen) atoms. The van der Waals surface area contributed by atoms with Gasteiger partial charge in [-0.05, 0) is 52.0 Å². The first-order chi connectivity index (χ1) is 14.6. The maximum atomic E-state index is 14.0. The predicted molar refractivity (Wildman–Crippen MR) is 119 cm³/mol. The molecule has 0 bridgehead atoms. The summed E-state index contributed by atoms with van der Waals surface area (Å²) in [5, 5.41) is 27.5. The number of aromatic nitrogens is 3. The molecule has 2 heterocycles. The molecular formula is C22H27FN6O2. The highest BCUT2D eigenvalue weighted by molar-refractivity contribution is 6.00. The first-order valence-electron chi connectivity index (χ1n) is 10.0. The first kappa shape index (κ1) is 22.4. The Morgan fingerprint density at radius 3 is 2.71 bits per heavy atom. The van der Waals surface area contributed by atoms with Crippen LogP contribution in [0.25, 0.3) is 10.9 Å². The van der Waals surface area contributed by atoms with Crippen molar-refractivity contribution >= 4 is 34.0 Å². The number of alkyl halides is 1. The fraction of sp³-hybridized carbons (Fsp3) is 0.364. The van der Waals surface area contributed by atoms with E-state index in [0.717, 1.165) is 16.6 Å². The van der Waals surface area contributed by atoms with Crippen LogP contribution in [0.4, 0.5) is 21.6 Å². The van der Waals surface area contributed by atoms with Gasteiger partial charge in [0.1, 0.15) is 12.0 Å². The summed E-state index contributed by atoms with van der Waals surface area (Å²) in [5.41, 5.74) is 0.911. The van der Waals surface area contributed by atoms with E-state index in [1.54, 1.807) is 12.3 Å². The van der Waals surface area contributed by atoms with Crippen molar-refractivity contribution in [3.8, 4) is 0 Å². The molecule has 3 rings (SSSR count). The van der Waals surface area contributed by atoms with Gasteiger partial charge in [-0.3, -0.25) is 4.79 Å². The normalized spacial score (nSPS) is 12.6. The Labute approximate surface area is 180 Å². The van der Waals surface area contributed by atoms with Crippen molar-refractivity contribution < 1.29 is 14.3 Å². The molecule has 0 aliphatic rings. The zero-order chi connectivity index (χ0) is 22.6. The van der Waals surface area contributed by atoms with E-state index in [-0.39, 0.29) is 18.2 Å². The Bertz CT molecular complexity index is 1070. The Hall–Kier alpha value is -3.33. The fourth-order valence-electron chi connectivity index (χ4n) is 2.88. The van der Waals surface area contributed by atoms with Crippen LogP contribution >= 0.6 is 0 Å². The van der Waals surface area contributed by atoms with Crippen LogP contribution in [0.2, 0.25) is 0 Å². The molecule has 164 valence electrons. The van der Waals surface area contributed by atoms with Gasteiger partial charge in [0, 0.05) is 29.4 Å². The van der Waals surface area contributed by atoms with Crippen LogP contribution < -0.4 is 16.0 Å². The summed E-state index contributed by atoms with van der Waals surface area (Å²) in [5.74, 6) is 0.0688. The Balaban J connectivity index is 1.80. The fourth-order valence-corrected chi connectivity index (χ4v) is 2.88. The molecule has 0 fully saturated rings. The number of rotatable bonds is 8. The Morgan fingerprint density at radius 1 is 1.23 bits per heavy atom. The Kier molecular flexibility index (Phi) is 6.65. The average Bonchev–Trinajstić information content (AvgIpc) is 2.70. The standard InChI is InChI=1S/C22H27FN6O2/c1-13(2)27-18-10-20(28-15-5-6-17-14(9-15)7-8-26-29-17)24-11-16(18)21(30)25-12-19(23)22(3,4)31/h5-11,13,19,31H,12H2,1-4H3,(H,25,30)(H2,24,27,28). The molecule has 8 nitrogen and oxygen atoms in total. The van der Waals surface area contributed by atoms with Crippen LogP contribution in [-0.4, -0.2) is 50.6 Å². The molecule has 4 N–H and O–H groups in total. The number of nitrogens with one attached hydrogen (secondary N) is 3. The minimum absolute atomic E-state index is 0.0614. The molecular weight excluding hydrogens is 399 g/mol. The molecule has 1 unspecified atom stereocenters. The molecule has 0 saturated carbocycles. The summed E-state index contributed by atoms with van der Waals surface area (Å²) >= 11 is 0. The summed E-state index contributed by atoms with van der Waals surface area (Å²) in [6, 6.07) is 9.31. The van der Waals surface area contributed by atoms with Crippen molar-refractivity contribution in [1.29, 1.82) is 0 Å². The maximum absolute atomic E-state index is 14.0. The summed E-state index contributed by atoms with van der Waals surface area (Å²) < 4.78 is 14.0. The van der Waals surface area contributed by atoms with Crippen LogP contribution in [0.5, 0.6) is 0 Å². The van der Waals surface area contributed by atoms with E-state index < -0.39 is 17.7 Å². The summed E-state index contributed by atoms with van der Waals surface area (Å²) in [7, 11) is 0. The number of pyridine rings is 1. The van der Waals surface area contributed by atoms with E-state index in [4.69, 9.17) is 0 Å². The molecule has 9 heteroatoms. The summed E-state index contributed by atoms with van der Waals surface area (Å²) in [4.78, 5) is 17.0. The monoisotopic (exact) mass is 426 g/mol. The van der Waals surface area contributed by atoms with Crippen LogP contribution in [0.1, 0.15) is 38.1 Å². The quantitative estimate of drug-likeness (QED) is 0.437. The van der Waals surface area contributed by atoms with Gasteiger partial charge >= 0.3 is 0 Å². The third kappa shape index (κ3) is 5.85. The molecule has 0 saturated heterocycles. The van der Waals surface area contributed by atoms with Crippen molar-refractivity contribution in [2.45, 2.75) is 45.5 Å². The van der Waals surface area contributed by atoms with E-state index in [9.17, 15) is 14.3 Å². The number of anilines is 3. The number of aliphatic hydroxyl groups is 1. The van der Waals surface area contributed by atoms with Crippen molar-refractivity contribution in [1.82, 2.24) is 20.5 Å². The minimum Gasteiger partial charge on any atom is -0.387 e. The van der Waals surface area contributed by atoms with Crippen LogP contribution in [-0.2, 0) is 0 Å². The molecule has 0 aliphatic carbocycles. The lowest BCUT2D eigenvalue weighted by atomic mass is 10.0. The van der Waals surface area contributed by atoms with E-state index in [2.05, 4.69) is 31.1 Å². The van der Waals surface area contributed by atoms with Crippen molar-refractivity contribution in [3.63, 3.8) is 0 Å². The number of benzene rings is 1. The second kappa shape index (κ2) is 9.22. The molecule has 0 spiro atoms. The smallest absolute Gasteiger partial charge is 0.255 e. The molecule has 0 radical (unpaired) electrons. The van der Waals surface area contributed by atoms with E-state index >= 15 is 0 Å². The van der Waals surface area contributed by atoms with Crippen molar-refractivity contribution in [2.24, 2.45) is 0 Å². The van der Waals surface area contributed by atoms with Crippen molar-refractivity contribution in [3.05, 3.63) is 48.3 Å². The second-order valence-electron chi connectivity index (χ2n) is 8.18. The minimum atomic E-state index is -1.59. The van der Waals surface area contributed by atoms with Crippen LogP contribution in [0.15, 0.2) is 42.7 Å². The zero-order valence-corrected chi connectivity index (χ0v) is 18.0. The first-order valence-corrected chi connectivity index (χ1v) is 10.0. The molecule has 3 aromatic rings. The lowest BCUT2D eigenvalue weighted by Crippen LogP contribution is -2.42. The van der Waals surface area contributed by atoms with Gasteiger partial charge in [0.15, 0.2) is 0 Å². The number of amides is 1. The SMILES string of the molecule is CC(C)Nc1cc(Nc2ccc3nnccc3c2)ncc1C(=O)NCC(F)C(C)(C)O. The molecule has 0 aliphatic heterocycles. The van der Waals surface area contributed by atoms with Crippen LogP contribution in [0, 0.1) is 0 Å². The molecule has 1 atom stereocenters. The van der Waals surface area contributed by atoms with Gasteiger partial charge in [0.2, 0.25) is 0 Å². The lowest BCUT2D eigenvalue weighted by molar-refractivity contribution is -0.00177. The third-order valence-electron chi connectivity index (χ3n) is 4.59. The summed E-state index contributed by atoms with van der Waals surface area (Å²) in [6.07, 6.45) is 1.47. The van der Waals surface area contributed by atoms with E-state index in [0.29, 0.717) is 11.5 Å². The van der Waals surface area contributed by atoms with Gasteiger partial charge in [-0.15, -0.1) is 0 Å². The highest BCUT2D eigenvalue weighted by atomic mass is 19.1. The van der Waals surface area contributed by atoms with Gasteiger partial charge < -0.3 is 21.1 Å². The van der Waals surface area contributed by atoms with E-state index in [1.807, 2.05) is 38.1 Å². The number of fused-ring (bicyclic) bond motifs is 1. The summed E-state index contributed by atoms with van der Waals surface area (Å²) in [6.45, 7) is 6.31. The largest absolute Gasteiger partial charge is 0.387 e. The van der Waals surface area contributed by atoms with Gasteiger partial charge in [-0.25, -0.2) is 9.37 Å². The number of halogens is 1. The molecule has 2 aromatic heterocycles. The number of nitrogens with zero attached hydrogens (tertiary/aromatic N) is 3. The number of carbonyl (C=O) groups excluding carboxylic acids is 1. The van der Waals surface area contributed by atoms with Gasteiger partial charge in [-0.1, -0.05) is 0 Å². The molecule has 1 aromatic carbocycles. The van der Waals surface area contributed by atoms with Gasteiger partial charge in [0.05, 0.1) is 35.1 Å². The topological polar surface area (TPSA) is 112 Å². The number of hydrogen-bond acceptors (Lipinski definition) is 7. The predicted octanol–water partition coefficient (Wildman–Crippen LogP) is 3.43. The number of carbonyl (C=O) groups is 1. The maximum Gasteiger partial charge on any atom is 0.255 e. The van der Waals surface area contributed by atoms with Gasteiger partial charge in [0.25, 0.3) is 5.91 Å². The molecule has 1 amide bonds. The van der Waals surface area contributed by atoms with Crippen molar-refractivity contribution in [2.75, 3.05) is 17.2 Å². The van der Waals surface area contributed by atoms with Gasteiger partial charge in [-0.2, -0.15) is 10.2 Å². The Morgan fingerprint density at radius 2 is 2.00 bits per heavy atom. The zero-order valence-electron chi connectivity index (χ0n) is 18.0. The van der Waals surface area contributed by atoms with E-state index in [1.165, 1.54) is 20.0 Å².